The van der Waals surface area contributed by atoms with Crippen molar-refractivity contribution in [1.82, 2.24) is 4.90 Å². The summed E-state index contributed by atoms with van der Waals surface area (Å²) in [5, 5.41) is 0. The molecule has 1 aliphatic heterocycles. The highest BCUT2D eigenvalue weighted by Crippen LogP contribution is 2.67. The molecule has 1 saturated carbocycles. The molecule has 2 fully saturated rings. The Bertz CT molecular complexity index is 416. The molecule has 0 bridgehead atoms. The highest BCUT2D eigenvalue weighted by molar-refractivity contribution is 5.22. The van der Waals surface area contributed by atoms with E-state index in [0.717, 1.165) is 6.54 Å². The number of nitrogens with zero attached hydrogens (tertiary/aromatic N) is 1. The molecule has 1 aromatic rings. The number of nitrogens with two attached hydrogens (primary N) is 1. The van der Waals surface area contributed by atoms with Crippen molar-refractivity contribution in [3.8, 4) is 0 Å². The first-order chi connectivity index (χ1) is 8.56. The fourth-order valence-corrected chi connectivity index (χ4v) is 3.89. The normalized spacial score (nSPS) is 29.4. The fourth-order valence-electron chi connectivity index (χ4n) is 3.89. The lowest BCUT2D eigenvalue weighted by Gasteiger charge is -2.34. The van der Waals surface area contributed by atoms with Gasteiger partial charge in [0.15, 0.2) is 0 Å². The van der Waals surface area contributed by atoms with Crippen molar-refractivity contribution in [1.29, 1.82) is 0 Å². The van der Waals surface area contributed by atoms with Gasteiger partial charge in [0, 0.05) is 12.6 Å². The van der Waals surface area contributed by atoms with Gasteiger partial charge in [0.05, 0.1) is 0 Å². The molecule has 1 aliphatic carbocycles. The van der Waals surface area contributed by atoms with Crippen LogP contribution in [-0.4, -0.2) is 24.0 Å². The zero-order chi connectivity index (χ0) is 12.8. The summed E-state index contributed by atoms with van der Waals surface area (Å²) >= 11 is 0. The van der Waals surface area contributed by atoms with E-state index in [4.69, 9.17) is 5.73 Å². The SMILES string of the molecule is CC1(C)C(N)C12CCN(Cc1ccccc1)CC2. The zero-order valence-electron chi connectivity index (χ0n) is 11.5. The predicted molar refractivity (Wildman–Crippen MR) is 75.1 cm³/mol. The molecular weight excluding hydrogens is 220 g/mol. The molecule has 0 radical (unpaired) electrons. The Labute approximate surface area is 110 Å². The predicted octanol–water partition coefficient (Wildman–Crippen LogP) is 2.64. The van der Waals surface area contributed by atoms with E-state index in [1.807, 2.05) is 0 Å². The van der Waals surface area contributed by atoms with Crippen molar-refractivity contribution in [2.45, 2.75) is 39.3 Å². The molecule has 2 N–H and O–H groups in total. The van der Waals surface area contributed by atoms with Crippen LogP contribution in [0.1, 0.15) is 32.3 Å². The van der Waals surface area contributed by atoms with Gasteiger partial charge >= 0.3 is 0 Å². The first kappa shape index (κ1) is 12.2. The van der Waals surface area contributed by atoms with E-state index in [-0.39, 0.29) is 0 Å². The average Bonchev–Trinajstić information content (AvgIpc) is 2.79. The lowest BCUT2D eigenvalue weighted by molar-refractivity contribution is 0.142. The number of hydrogen-bond acceptors (Lipinski definition) is 2. The molecule has 1 saturated heterocycles. The van der Waals surface area contributed by atoms with Crippen LogP contribution in [0.25, 0.3) is 0 Å². The van der Waals surface area contributed by atoms with Gasteiger partial charge in [-0.3, -0.25) is 4.90 Å². The fraction of sp³-hybridized carbons (Fsp3) is 0.625. The molecule has 2 nitrogen and oxygen atoms in total. The molecule has 1 spiro atoms. The topological polar surface area (TPSA) is 29.3 Å². The van der Waals surface area contributed by atoms with Crippen LogP contribution >= 0.6 is 0 Å². The first-order valence-corrected chi connectivity index (χ1v) is 7.08. The third-order valence-electron chi connectivity index (χ3n) is 5.57. The van der Waals surface area contributed by atoms with Crippen molar-refractivity contribution in [3.05, 3.63) is 35.9 Å². The smallest absolute Gasteiger partial charge is 0.0233 e. The largest absolute Gasteiger partial charge is 0.327 e. The van der Waals surface area contributed by atoms with Gasteiger partial charge in [-0.15, -0.1) is 0 Å². The highest BCUT2D eigenvalue weighted by atomic mass is 15.1. The molecule has 1 unspecified atom stereocenters. The summed E-state index contributed by atoms with van der Waals surface area (Å²) in [5.74, 6) is 0. The maximum Gasteiger partial charge on any atom is 0.0233 e. The monoisotopic (exact) mass is 244 g/mol. The quantitative estimate of drug-likeness (QED) is 0.866. The van der Waals surface area contributed by atoms with Crippen molar-refractivity contribution < 1.29 is 0 Å². The number of piperidine rings is 1. The molecule has 2 heteroatoms. The molecule has 2 aliphatic rings. The molecule has 3 rings (SSSR count). The van der Waals surface area contributed by atoms with Gasteiger partial charge in [-0.25, -0.2) is 0 Å². The molecule has 1 heterocycles. The molecular formula is C16H24N2. The van der Waals surface area contributed by atoms with Gasteiger partial charge in [-0.1, -0.05) is 44.2 Å². The summed E-state index contributed by atoms with van der Waals surface area (Å²) in [6.07, 6.45) is 2.54. The Balaban J connectivity index is 1.59. The van der Waals surface area contributed by atoms with Crippen LogP contribution in [0.2, 0.25) is 0 Å². The van der Waals surface area contributed by atoms with Gasteiger partial charge in [0.2, 0.25) is 0 Å². The third-order valence-corrected chi connectivity index (χ3v) is 5.57. The van der Waals surface area contributed by atoms with E-state index in [9.17, 15) is 0 Å². The van der Waals surface area contributed by atoms with Crippen molar-refractivity contribution in [3.63, 3.8) is 0 Å². The maximum atomic E-state index is 6.29. The minimum Gasteiger partial charge on any atom is -0.327 e. The Morgan fingerprint density at radius 3 is 2.22 bits per heavy atom. The summed E-state index contributed by atoms with van der Waals surface area (Å²) in [4.78, 5) is 2.57. The second kappa shape index (κ2) is 4.07. The van der Waals surface area contributed by atoms with Crippen molar-refractivity contribution >= 4 is 0 Å². The van der Waals surface area contributed by atoms with E-state index in [2.05, 4.69) is 49.1 Å². The van der Waals surface area contributed by atoms with Crippen LogP contribution < -0.4 is 5.73 Å². The summed E-state index contributed by atoms with van der Waals surface area (Å²) < 4.78 is 0. The maximum absolute atomic E-state index is 6.29. The summed E-state index contributed by atoms with van der Waals surface area (Å²) in [6.45, 7) is 8.17. The average molecular weight is 244 g/mol. The van der Waals surface area contributed by atoms with Gasteiger partial charge in [0.25, 0.3) is 0 Å². The standard InChI is InChI=1S/C16H24N2/c1-15(2)14(17)16(15)8-10-18(11-9-16)12-13-6-4-3-5-7-13/h3-7,14H,8-12,17H2,1-2H3. The van der Waals surface area contributed by atoms with Crippen molar-refractivity contribution in [2.75, 3.05) is 13.1 Å². The minimum atomic E-state index is 0.367. The van der Waals surface area contributed by atoms with E-state index >= 15 is 0 Å². The van der Waals surface area contributed by atoms with Crippen molar-refractivity contribution in [2.24, 2.45) is 16.6 Å². The number of benzene rings is 1. The Morgan fingerprint density at radius 1 is 1.17 bits per heavy atom. The summed E-state index contributed by atoms with van der Waals surface area (Å²) in [6, 6.07) is 11.2. The highest BCUT2D eigenvalue weighted by Gasteiger charge is 2.68. The van der Waals surface area contributed by atoms with Gasteiger partial charge in [-0.2, -0.15) is 0 Å². The van der Waals surface area contributed by atoms with Crippen LogP contribution in [0.4, 0.5) is 0 Å². The van der Waals surface area contributed by atoms with E-state index in [1.54, 1.807) is 0 Å². The minimum absolute atomic E-state index is 0.367. The Hall–Kier alpha value is -0.860. The van der Waals surface area contributed by atoms with Crippen LogP contribution in [0.3, 0.4) is 0 Å². The molecule has 18 heavy (non-hydrogen) atoms. The molecule has 1 atom stereocenters. The molecule has 0 amide bonds. The van der Waals surface area contributed by atoms with Crippen LogP contribution in [-0.2, 0) is 6.54 Å². The molecule has 1 aromatic carbocycles. The van der Waals surface area contributed by atoms with E-state index in [1.165, 1.54) is 31.5 Å². The van der Waals surface area contributed by atoms with Crippen LogP contribution in [0.15, 0.2) is 30.3 Å². The second-order valence-corrected chi connectivity index (χ2v) is 6.62. The van der Waals surface area contributed by atoms with E-state index in [0.29, 0.717) is 16.9 Å². The Morgan fingerprint density at radius 2 is 1.72 bits per heavy atom. The molecule has 0 aromatic heterocycles. The van der Waals surface area contributed by atoms with Crippen LogP contribution in [0, 0.1) is 10.8 Å². The second-order valence-electron chi connectivity index (χ2n) is 6.62. The Kier molecular flexibility index (Phi) is 2.76. The van der Waals surface area contributed by atoms with Gasteiger partial charge < -0.3 is 5.73 Å². The van der Waals surface area contributed by atoms with Gasteiger partial charge in [0.1, 0.15) is 0 Å². The number of likely N-dealkylation sites (tertiary alicyclic amines) is 1. The van der Waals surface area contributed by atoms with E-state index < -0.39 is 0 Å². The lowest BCUT2D eigenvalue weighted by atomic mass is 9.85. The number of hydrogen-bond donors (Lipinski definition) is 1. The zero-order valence-corrected chi connectivity index (χ0v) is 11.5. The van der Waals surface area contributed by atoms with Gasteiger partial charge in [-0.05, 0) is 42.3 Å². The van der Waals surface area contributed by atoms with Crippen LogP contribution in [0.5, 0.6) is 0 Å². The number of rotatable bonds is 2. The first-order valence-electron chi connectivity index (χ1n) is 7.08. The summed E-state index contributed by atoms with van der Waals surface area (Å²) in [7, 11) is 0. The third kappa shape index (κ3) is 1.70. The molecule has 98 valence electrons. The lowest BCUT2D eigenvalue weighted by Crippen LogP contribution is -2.36. The summed E-state index contributed by atoms with van der Waals surface area (Å²) in [5.41, 5.74) is 8.52.